The lowest BCUT2D eigenvalue weighted by Gasteiger charge is -2.22. The molecule has 2 fully saturated rings. The van der Waals surface area contributed by atoms with Gasteiger partial charge in [-0.15, -0.1) is 0 Å². The highest BCUT2D eigenvalue weighted by molar-refractivity contribution is 5.94. The molecule has 1 aromatic carbocycles. The number of amides is 1. The zero-order valence-corrected chi connectivity index (χ0v) is 12.1. The molecule has 0 radical (unpaired) electrons. The molecular weight excluding hydrogens is 262 g/mol. The molecule has 0 spiro atoms. The summed E-state index contributed by atoms with van der Waals surface area (Å²) in [6.45, 7) is 0.0669. The smallest absolute Gasteiger partial charge is 0.251 e. The molecule has 2 aliphatic rings. The van der Waals surface area contributed by atoms with Crippen molar-refractivity contribution in [2.45, 2.75) is 38.1 Å². The van der Waals surface area contributed by atoms with Crippen molar-refractivity contribution in [2.24, 2.45) is 11.8 Å². The third-order valence-corrected chi connectivity index (χ3v) is 4.65. The van der Waals surface area contributed by atoms with Crippen molar-refractivity contribution < 1.29 is 9.90 Å². The first-order valence-corrected chi connectivity index (χ1v) is 7.77. The van der Waals surface area contributed by atoms with Gasteiger partial charge in [0.25, 0.3) is 5.91 Å². The third kappa shape index (κ3) is 3.28. The van der Waals surface area contributed by atoms with Crippen LogP contribution in [0.1, 0.15) is 48.0 Å². The fourth-order valence-electron chi connectivity index (χ4n) is 3.63. The Morgan fingerprint density at radius 2 is 2.24 bits per heavy atom. The van der Waals surface area contributed by atoms with Crippen molar-refractivity contribution in [3.05, 3.63) is 35.4 Å². The van der Waals surface area contributed by atoms with Gasteiger partial charge in [-0.25, -0.2) is 0 Å². The summed E-state index contributed by atoms with van der Waals surface area (Å²) in [6.07, 6.45) is 5.50. The standard InChI is InChI=1S/C18H21NO2/c20-9-2-1-4-13-5-3-6-16(10-13)18(21)19-17-12-14-7-8-15(17)11-14/h3,5-6,10,14-15,17,20H,2,7-9,11-12H2,(H,19,21). The molecule has 0 saturated heterocycles. The van der Waals surface area contributed by atoms with Crippen LogP contribution < -0.4 is 5.32 Å². The fraction of sp³-hybridized carbons (Fsp3) is 0.500. The first-order valence-electron chi connectivity index (χ1n) is 7.77. The molecule has 1 aromatic rings. The van der Waals surface area contributed by atoms with E-state index in [4.69, 9.17) is 5.11 Å². The van der Waals surface area contributed by atoms with E-state index in [0.717, 1.165) is 17.9 Å². The zero-order chi connectivity index (χ0) is 14.7. The Morgan fingerprint density at radius 1 is 1.33 bits per heavy atom. The second-order valence-corrected chi connectivity index (χ2v) is 6.11. The van der Waals surface area contributed by atoms with E-state index in [1.807, 2.05) is 24.3 Å². The average Bonchev–Trinajstić information content (AvgIpc) is 3.10. The highest BCUT2D eigenvalue weighted by atomic mass is 16.2. The lowest BCUT2D eigenvalue weighted by atomic mass is 9.95. The molecule has 0 aliphatic heterocycles. The first-order chi connectivity index (χ1) is 10.3. The number of fused-ring (bicyclic) bond motifs is 2. The normalized spacial score (nSPS) is 26.2. The van der Waals surface area contributed by atoms with E-state index in [9.17, 15) is 4.79 Å². The van der Waals surface area contributed by atoms with E-state index in [0.29, 0.717) is 23.9 Å². The fourth-order valence-corrected chi connectivity index (χ4v) is 3.63. The van der Waals surface area contributed by atoms with Crippen LogP contribution in [0, 0.1) is 23.7 Å². The van der Waals surface area contributed by atoms with Gasteiger partial charge in [0.05, 0.1) is 6.61 Å². The maximum absolute atomic E-state index is 12.4. The van der Waals surface area contributed by atoms with Gasteiger partial charge in [0.2, 0.25) is 0 Å². The third-order valence-electron chi connectivity index (χ3n) is 4.65. The van der Waals surface area contributed by atoms with Gasteiger partial charge in [-0.2, -0.15) is 0 Å². The molecule has 3 atom stereocenters. The van der Waals surface area contributed by atoms with Gasteiger partial charge in [0, 0.05) is 23.6 Å². The molecule has 21 heavy (non-hydrogen) atoms. The number of rotatable bonds is 3. The second-order valence-electron chi connectivity index (χ2n) is 6.11. The molecule has 2 saturated carbocycles. The Labute approximate surface area is 125 Å². The van der Waals surface area contributed by atoms with Crippen LogP contribution >= 0.6 is 0 Å². The molecule has 3 unspecified atom stereocenters. The quantitative estimate of drug-likeness (QED) is 0.837. The molecule has 2 bridgehead atoms. The monoisotopic (exact) mass is 283 g/mol. The van der Waals surface area contributed by atoms with Gasteiger partial charge >= 0.3 is 0 Å². The van der Waals surface area contributed by atoms with Gasteiger partial charge in [0.1, 0.15) is 0 Å². The van der Waals surface area contributed by atoms with E-state index < -0.39 is 0 Å². The van der Waals surface area contributed by atoms with Crippen LogP contribution in [0.3, 0.4) is 0 Å². The Balaban J connectivity index is 1.65. The number of aliphatic hydroxyl groups is 1. The Hall–Kier alpha value is -1.79. The van der Waals surface area contributed by atoms with E-state index in [1.165, 1.54) is 19.3 Å². The maximum atomic E-state index is 12.4. The molecule has 3 heteroatoms. The lowest BCUT2D eigenvalue weighted by molar-refractivity contribution is 0.0923. The summed E-state index contributed by atoms with van der Waals surface area (Å²) in [6, 6.07) is 7.77. The van der Waals surface area contributed by atoms with E-state index in [1.54, 1.807) is 0 Å². The minimum absolute atomic E-state index is 0.0124. The molecule has 3 nitrogen and oxygen atoms in total. The van der Waals surface area contributed by atoms with Gasteiger partial charge in [-0.1, -0.05) is 24.3 Å². The number of benzene rings is 1. The van der Waals surface area contributed by atoms with Crippen LogP contribution in [0.2, 0.25) is 0 Å². The van der Waals surface area contributed by atoms with Crippen molar-refractivity contribution in [2.75, 3.05) is 6.61 Å². The number of nitrogens with one attached hydrogen (secondary N) is 1. The van der Waals surface area contributed by atoms with Gasteiger partial charge in [0.15, 0.2) is 0 Å². The number of carbonyl (C=O) groups is 1. The van der Waals surface area contributed by atoms with Crippen LogP contribution in [0.5, 0.6) is 0 Å². The molecule has 0 aromatic heterocycles. The predicted octanol–water partition coefficient (Wildman–Crippen LogP) is 2.34. The summed E-state index contributed by atoms with van der Waals surface area (Å²) in [4.78, 5) is 12.4. The van der Waals surface area contributed by atoms with Crippen LogP contribution in [0.25, 0.3) is 0 Å². The predicted molar refractivity (Wildman–Crippen MR) is 81.7 cm³/mol. The van der Waals surface area contributed by atoms with Gasteiger partial charge < -0.3 is 10.4 Å². The summed E-state index contributed by atoms with van der Waals surface area (Å²) in [5.74, 6) is 7.38. The minimum Gasteiger partial charge on any atom is -0.395 e. The van der Waals surface area contributed by atoms with Crippen LogP contribution in [0.4, 0.5) is 0 Å². The largest absolute Gasteiger partial charge is 0.395 e. The Bertz CT molecular complexity index is 584. The minimum atomic E-state index is 0.0124. The maximum Gasteiger partial charge on any atom is 0.251 e. The SMILES string of the molecule is O=C(NC1CC2CCC1C2)c1cccc(C#CCCO)c1. The number of hydrogen-bond donors (Lipinski definition) is 2. The van der Waals surface area contributed by atoms with E-state index >= 15 is 0 Å². The summed E-state index contributed by atoms with van der Waals surface area (Å²) >= 11 is 0. The number of aliphatic hydroxyl groups excluding tert-OH is 1. The number of hydrogen-bond acceptors (Lipinski definition) is 2. The Morgan fingerprint density at radius 3 is 2.95 bits per heavy atom. The molecule has 3 rings (SSSR count). The van der Waals surface area contributed by atoms with Crippen molar-refractivity contribution in [3.63, 3.8) is 0 Å². The zero-order valence-electron chi connectivity index (χ0n) is 12.1. The first kappa shape index (κ1) is 14.2. The van der Waals surface area contributed by atoms with Crippen LogP contribution in [0.15, 0.2) is 24.3 Å². The van der Waals surface area contributed by atoms with Crippen molar-refractivity contribution in [3.8, 4) is 11.8 Å². The van der Waals surface area contributed by atoms with Crippen LogP contribution in [-0.4, -0.2) is 23.7 Å². The molecule has 2 N–H and O–H groups in total. The van der Waals surface area contributed by atoms with Crippen LogP contribution in [-0.2, 0) is 0 Å². The Kier molecular flexibility index (Phi) is 4.26. The van der Waals surface area contributed by atoms with E-state index in [-0.39, 0.29) is 12.5 Å². The summed E-state index contributed by atoms with van der Waals surface area (Å²) in [5, 5.41) is 11.9. The van der Waals surface area contributed by atoms with E-state index in [2.05, 4.69) is 17.2 Å². The average molecular weight is 283 g/mol. The van der Waals surface area contributed by atoms with Gasteiger partial charge in [-0.3, -0.25) is 4.79 Å². The molecule has 2 aliphatic carbocycles. The lowest BCUT2D eigenvalue weighted by Crippen LogP contribution is -2.38. The van der Waals surface area contributed by atoms with Crippen molar-refractivity contribution in [1.29, 1.82) is 0 Å². The highest BCUT2D eigenvalue weighted by Gasteiger charge is 2.40. The summed E-state index contributed by atoms with van der Waals surface area (Å²) in [7, 11) is 0. The molecule has 1 amide bonds. The topological polar surface area (TPSA) is 49.3 Å². The molecular formula is C18H21NO2. The second kappa shape index (κ2) is 6.32. The summed E-state index contributed by atoms with van der Waals surface area (Å²) in [5.41, 5.74) is 1.50. The molecule has 110 valence electrons. The summed E-state index contributed by atoms with van der Waals surface area (Å²) < 4.78 is 0. The number of carbonyl (C=O) groups excluding carboxylic acids is 1. The van der Waals surface area contributed by atoms with Crippen molar-refractivity contribution in [1.82, 2.24) is 5.32 Å². The van der Waals surface area contributed by atoms with Gasteiger partial charge in [-0.05, 0) is 49.3 Å². The molecule has 0 heterocycles. The van der Waals surface area contributed by atoms with Crippen molar-refractivity contribution >= 4 is 5.91 Å². The highest BCUT2D eigenvalue weighted by Crippen LogP contribution is 2.44.